The minimum atomic E-state index is -1.14. The van der Waals surface area contributed by atoms with E-state index in [1.807, 2.05) is 70.7 Å². The van der Waals surface area contributed by atoms with Crippen molar-refractivity contribution in [1.82, 2.24) is 40.0 Å². The van der Waals surface area contributed by atoms with Crippen LogP contribution in [0, 0.1) is 0 Å². The van der Waals surface area contributed by atoms with Crippen LogP contribution in [0.15, 0.2) is 122 Å². The van der Waals surface area contributed by atoms with Gasteiger partial charge in [-0.05, 0) is 78.6 Å². The summed E-state index contributed by atoms with van der Waals surface area (Å²) < 4.78 is 0. The summed E-state index contributed by atoms with van der Waals surface area (Å²) in [6.07, 6.45) is 6.51. The highest BCUT2D eigenvalue weighted by molar-refractivity contribution is 5.84. The molecule has 8 rings (SSSR count). The zero-order valence-corrected chi connectivity index (χ0v) is 34.8. The fourth-order valence-corrected chi connectivity index (χ4v) is 9.12. The number of aromatic nitrogens is 4. The van der Waals surface area contributed by atoms with Gasteiger partial charge in [-0.1, -0.05) is 123 Å². The zero-order valence-electron chi connectivity index (χ0n) is 34.8. The smallest absolute Gasteiger partial charge is 0.404 e. The molecule has 2 aliphatic rings. The predicted octanol–water partition coefficient (Wildman–Crippen LogP) is 8.81. The standard InChI is InChI=1S/C49H54N8O4/c1-3-55(4-2)45(38-15-9-6-10-16-38)48(59)57-28-12-18-43(57)47-51-32-41(54-47)37-25-21-35(22-26-37)34-19-23-36(24-20-34)40-31-50-46(53-40)42-17-11-27-56(42)44(58)30-39(52-49(60)61)29-33-13-7-5-8-14-33/h5-10,13-16,19-26,31-32,39,42-43,45,52H,3-4,11-12,17-18,27-30H2,1-2H3,(H,50,53)(H,51,54)(H,60,61)/t39-,42-,43-,45+/m0/s1. The van der Waals surface area contributed by atoms with Crippen LogP contribution < -0.4 is 5.32 Å². The fourth-order valence-electron chi connectivity index (χ4n) is 9.12. The highest BCUT2D eigenvalue weighted by atomic mass is 16.4. The van der Waals surface area contributed by atoms with Crippen LogP contribution in [-0.2, 0) is 16.0 Å². The van der Waals surface area contributed by atoms with Gasteiger partial charge in [-0.15, -0.1) is 0 Å². The van der Waals surface area contributed by atoms with Gasteiger partial charge in [-0.3, -0.25) is 14.5 Å². The SMILES string of the molecule is CCN(CC)[C@@H](C(=O)N1CCC[C@H]1c1ncc(-c2ccc(-c3ccc(-c4cnc([C@@H]5CCCN5C(=O)C[C@H](Cc5ccccc5)NC(=O)O)[nH]4)cc3)cc2)[nH]1)c1ccccc1. The number of likely N-dealkylation sites (N-methyl/N-ethyl adjacent to an activating group) is 1. The number of carboxylic acid groups (broad SMARTS) is 1. The Labute approximate surface area is 357 Å². The Bertz CT molecular complexity index is 2390. The lowest BCUT2D eigenvalue weighted by atomic mass is 10.0. The van der Waals surface area contributed by atoms with Crippen LogP contribution >= 0.6 is 0 Å². The van der Waals surface area contributed by atoms with E-state index in [4.69, 9.17) is 9.97 Å². The van der Waals surface area contributed by atoms with Gasteiger partial charge in [0.2, 0.25) is 11.8 Å². The normalized spacial score (nSPS) is 17.4. The molecule has 61 heavy (non-hydrogen) atoms. The predicted molar refractivity (Wildman–Crippen MR) is 236 cm³/mol. The van der Waals surface area contributed by atoms with Gasteiger partial charge in [-0.2, -0.15) is 0 Å². The van der Waals surface area contributed by atoms with E-state index in [0.717, 1.165) is 95.2 Å². The molecule has 2 fully saturated rings. The van der Waals surface area contributed by atoms with Crippen molar-refractivity contribution in [2.24, 2.45) is 0 Å². The van der Waals surface area contributed by atoms with Crippen LogP contribution in [0.2, 0.25) is 0 Å². The molecule has 3 amide bonds. The lowest BCUT2D eigenvalue weighted by Gasteiger charge is -2.34. The van der Waals surface area contributed by atoms with Crippen LogP contribution in [0.3, 0.4) is 0 Å². The molecule has 12 nitrogen and oxygen atoms in total. The third kappa shape index (κ3) is 9.29. The van der Waals surface area contributed by atoms with Crippen molar-refractivity contribution in [1.29, 1.82) is 0 Å². The number of H-pyrrole nitrogens is 2. The van der Waals surface area contributed by atoms with E-state index in [9.17, 15) is 19.5 Å². The summed E-state index contributed by atoms with van der Waals surface area (Å²) in [6, 6.07) is 35.3. The maximum absolute atomic E-state index is 14.2. The van der Waals surface area contributed by atoms with E-state index < -0.39 is 12.1 Å². The second-order valence-electron chi connectivity index (χ2n) is 16.0. The topological polar surface area (TPSA) is 151 Å². The summed E-state index contributed by atoms with van der Waals surface area (Å²) in [5, 5.41) is 12.0. The van der Waals surface area contributed by atoms with Gasteiger partial charge in [0.05, 0.1) is 35.9 Å². The summed E-state index contributed by atoms with van der Waals surface area (Å²) in [5.41, 5.74) is 7.95. The minimum absolute atomic E-state index is 0.0748. The second-order valence-corrected chi connectivity index (χ2v) is 16.0. The van der Waals surface area contributed by atoms with Gasteiger partial charge < -0.3 is 30.2 Å². The molecule has 12 heteroatoms. The minimum Gasteiger partial charge on any atom is -0.465 e. The number of imidazole rings is 2. The molecule has 4 heterocycles. The molecule has 0 radical (unpaired) electrons. The average molecular weight is 819 g/mol. The molecule has 0 spiro atoms. The van der Waals surface area contributed by atoms with E-state index >= 15 is 0 Å². The summed E-state index contributed by atoms with van der Waals surface area (Å²) in [5.74, 6) is 1.59. The Balaban J connectivity index is 0.907. The zero-order chi connectivity index (χ0) is 42.3. The van der Waals surface area contributed by atoms with Crippen molar-refractivity contribution in [3.05, 3.63) is 144 Å². The molecular weight excluding hydrogens is 765 g/mol. The van der Waals surface area contributed by atoms with E-state index in [1.54, 1.807) is 0 Å². The van der Waals surface area contributed by atoms with E-state index in [2.05, 4.69) is 94.7 Å². The lowest BCUT2D eigenvalue weighted by Crippen LogP contribution is -2.43. The highest BCUT2D eigenvalue weighted by Gasteiger charge is 2.38. The first-order chi connectivity index (χ1) is 29.8. The molecule has 4 atom stereocenters. The summed E-state index contributed by atoms with van der Waals surface area (Å²) in [4.78, 5) is 62.0. The maximum atomic E-state index is 14.2. The first kappa shape index (κ1) is 41.2. The third-order valence-corrected chi connectivity index (χ3v) is 12.3. The van der Waals surface area contributed by atoms with Crippen molar-refractivity contribution in [3.8, 4) is 33.6 Å². The van der Waals surface area contributed by atoms with Crippen LogP contribution in [-0.4, -0.2) is 89.9 Å². The Kier molecular flexibility index (Phi) is 12.7. The first-order valence-corrected chi connectivity index (χ1v) is 21.5. The molecule has 4 aromatic carbocycles. The Morgan fingerprint density at radius 2 is 1.20 bits per heavy atom. The molecule has 6 aromatic rings. The van der Waals surface area contributed by atoms with Gasteiger partial charge in [-0.25, -0.2) is 14.8 Å². The molecule has 2 saturated heterocycles. The van der Waals surface area contributed by atoms with E-state index in [1.165, 1.54) is 0 Å². The number of nitrogens with zero attached hydrogens (tertiary/aromatic N) is 5. The van der Waals surface area contributed by atoms with Crippen molar-refractivity contribution >= 4 is 17.9 Å². The van der Waals surface area contributed by atoms with Gasteiger partial charge in [0.1, 0.15) is 17.7 Å². The number of carbonyl (C=O) groups is 3. The van der Waals surface area contributed by atoms with Crippen LogP contribution in [0.5, 0.6) is 0 Å². The molecule has 4 N–H and O–H groups in total. The number of benzene rings is 4. The lowest BCUT2D eigenvalue weighted by molar-refractivity contribution is -0.138. The number of aromatic amines is 2. The van der Waals surface area contributed by atoms with Gasteiger partial charge in [0.15, 0.2) is 0 Å². The number of rotatable bonds is 15. The number of hydrogen-bond donors (Lipinski definition) is 4. The second kappa shape index (κ2) is 18.8. The van der Waals surface area contributed by atoms with Crippen LogP contribution in [0.25, 0.3) is 33.6 Å². The summed E-state index contributed by atoms with van der Waals surface area (Å²) in [7, 11) is 0. The number of hydrogen-bond acceptors (Lipinski definition) is 6. The molecule has 314 valence electrons. The van der Waals surface area contributed by atoms with Gasteiger partial charge in [0, 0.05) is 25.6 Å². The van der Waals surface area contributed by atoms with E-state index in [-0.39, 0.29) is 36.4 Å². The summed E-state index contributed by atoms with van der Waals surface area (Å²) in [6.45, 7) is 7.11. The Morgan fingerprint density at radius 1 is 0.705 bits per heavy atom. The highest BCUT2D eigenvalue weighted by Crippen LogP contribution is 2.37. The van der Waals surface area contributed by atoms with Crippen molar-refractivity contribution in [2.45, 2.75) is 76.5 Å². The third-order valence-electron chi connectivity index (χ3n) is 12.3. The number of nitrogens with one attached hydrogen (secondary N) is 3. The molecule has 2 aliphatic heterocycles. The Hall–Kier alpha value is -6.53. The summed E-state index contributed by atoms with van der Waals surface area (Å²) >= 11 is 0. The monoisotopic (exact) mass is 818 g/mol. The van der Waals surface area contributed by atoms with Crippen LogP contribution in [0.1, 0.15) is 86.9 Å². The number of amides is 3. The van der Waals surface area contributed by atoms with Gasteiger partial charge >= 0.3 is 6.09 Å². The quantitative estimate of drug-likeness (QED) is 0.0809. The molecular formula is C49H54N8O4. The van der Waals surface area contributed by atoms with Crippen molar-refractivity contribution in [2.75, 3.05) is 26.2 Å². The largest absolute Gasteiger partial charge is 0.465 e. The van der Waals surface area contributed by atoms with Crippen LogP contribution in [0.4, 0.5) is 4.79 Å². The average Bonchev–Trinajstić information content (AvgIpc) is 4.13. The van der Waals surface area contributed by atoms with Crippen molar-refractivity contribution < 1.29 is 19.5 Å². The molecule has 0 bridgehead atoms. The van der Waals surface area contributed by atoms with Crippen molar-refractivity contribution in [3.63, 3.8) is 0 Å². The Morgan fingerprint density at radius 3 is 1.72 bits per heavy atom. The fraction of sp³-hybridized carbons (Fsp3) is 0.327. The molecule has 0 saturated carbocycles. The molecule has 0 aliphatic carbocycles. The number of carbonyl (C=O) groups excluding carboxylic acids is 2. The molecule has 0 unspecified atom stereocenters. The van der Waals surface area contributed by atoms with Gasteiger partial charge in [0.25, 0.3) is 0 Å². The molecule has 2 aromatic heterocycles. The first-order valence-electron chi connectivity index (χ1n) is 21.5. The maximum Gasteiger partial charge on any atom is 0.404 e. The number of likely N-dealkylation sites (tertiary alicyclic amines) is 2. The van der Waals surface area contributed by atoms with E-state index in [0.29, 0.717) is 19.5 Å².